The molecule has 0 spiro atoms. The number of hydrogen-bond donors (Lipinski definition) is 3. The first kappa shape index (κ1) is 21.9. The van der Waals surface area contributed by atoms with Gasteiger partial charge in [-0.05, 0) is 52.9 Å². The third kappa shape index (κ3) is 6.62. The molecule has 2 heterocycles. The van der Waals surface area contributed by atoms with Gasteiger partial charge in [0.2, 0.25) is 0 Å². The highest BCUT2D eigenvalue weighted by molar-refractivity contribution is 14.0. The second-order valence-corrected chi connectivity index (χ2v) is 7.32. The zero-order valence-corrected chi connectivity index (χ0v) is 18.5. The van der Waals surface area contributed by atoms with Crippen LogP contribution in [0.4, 0.5) is 4.39 Å². The standard InChI is InChI=1S/C19H25FN4OS.HI/c1-21-19(22-11-14-2-3-18(25)17(20)10-14)23-16-4-7-24(8-5-16)12-15-6-9-26-13-15;/h2-3,6,9-10,13,16,25H,4-5,7-8,11-12H2,1H3,(H2,21,22,23);1H. The Balaban J connectivity index is 0.00000261. The molecule has 1 aliphatic heterocycles. The Kier molecular flexibility index (Phi) is 8.78. The summed E-state index contributed by atoms with van der Waals surface area (Å²) < 4.78 is 13.4. The van der Waals surface area contributed by atoms with Gasteiger partial charge in [0.05, 0.1) is 0 Å². The first-order chi connectivity index (χ1) is 12.6. The maximum absolute atomic E-state index is 13.4. The average molecular weight is 504 g/mol. The molecule has 0 saturated carbocycles. The van der Waals surface area contributed by atoms with Crippen molar-refractivity contribution >= 4 is 41.3 Å². The van der Waals surface area contributed by atoms with E-state index in [1.807, 2.05) is 0 Å². The van der Waals surface area contributed by atoms with Crippen LogP contribution >= 0.6 is 35.3 Å². The molecule has 5 nitrogen and oxygen atoms in total. The van der Waals surface area contributed by atoms with Gasteiger partial charge in [-0.3, -0.25) is 9.89 Å². The monoisotopic (exact) mass is 504 g/mol. The summed E-state index contributed by atoms with van der Waals surface area (Å²) in [5.41, 5.74) is 2.15. The van der Waals surface area contributed by atoms with Gasteiger partial charge in [0.1, 0.15) is 0 Å². The molecule has 0 radical (unpaired) electrons. The molecule has 0 unspecified atom stereocenters. The van der Waals surface area contributed by atoms with Crippen molar-refractivity contribution in [2.45, 2.75) is 32.0 Å². The molecular weight excluding hydrogens is 478 g/mol. The Morgan fingerprint density at radius 1 is 1.30 bits per heavy atom. The van der Waals surface area contributed by atoms with E-state index in [0.29, 0.717) is 12.6 Å². The van der Waals surface area contributed by atoms with Gasteiger partial charge in [0, 0.05) is 39.3 Å². The minimum atomic E-state index is -0.606. The van der Waals surface area contributed by atoms with E-state index in [4.69, 9.17) is 0 Å². The quantitative estimate of drug-likeness (QED) is 0.331. The second kappa shape index (κ2) is 10.8. The SMILES string of the molecule is CN=C(NCc1ccc(O)c(F)c1)NC1CCN(Cc2ccsc2)CC1.I. The number of likely N-dealkylation sites (tertiary alicyclic amines) is 1. The molecule has 1 fully saturated rings. The van der Waals surface area contributed by atoms with E-state index in [1.165, 1.54) is 17.7 Å². The lowest BCUT2D eigenvalue weighted by molar-refractivity contribution is 0.198. The number of rotatable bonds is 5. The molecule has 0 atom stereocenters. The minimum Gasteiger partial charge on any atom is -0.505 e. The topological polar surface area (TPSA) is 59.9 Å². The number of thiophene rings is 1. The van der Waals surface area contributed by atoms with Crippen molar-refractivity contribution < 1.29 is 9.50 Å². The van der Waals surface area contributed by atoms with Crippen LogP contribution in [0.5, 0.6) is 5.75 Å². The molecular formula is C19H26FIN4OS. The van der Waals surface area contributed by atoms with Gasteiger partial charge in [-0.2, -0.15) is 11.3 Å². The second-order valence-electron chi connectivity index (χ2n) is 6.54. The molecule has 1 saturated heterocycles. The van der Waals surface area contributed by atoms with Crippen molar-refractivity contribution in [2.75, 3.05) is 20.1 Å². The Labute approximate surface area is 180 Å². The number of benzene rings is 1. The van der Waals surface area contributed by atoms with Gasteiger partial charge < -0.3 is 15.7 Å². The number of piperidine rings is 1. The summed E-state index contributed by atoms with van der Waals surface area (Å²) in [5, 5.41) is 20.2. The number of aromatic hydroxyl groups is 1. The Bertz CT molecular complexity index is 733. The number of halogens is 2. The van der Waals surface area contributed by atoms with Crippen LogP contribution in [0.1, 0.15) is 24.0 Å². The number of aliphatic imine (C=N–C) groups is 1. The van der Waals surface area contributed by atoms with Crippen molar-refractivity contribution in [3.8, 4) is 5.75 Å². The van der Waals surface area contributed by atoms with E-state index >= 15 is 0 Å². The van der Waals surface area contributed by atoms with Crippen LogP contribution in [0.25, 0.3) is 0 Å². The Morgan fingerprint density at radius 3 is 2.70 bits per heavy atom. The molecule has 27 heavy (non-hydrogen) atoms. The van der Waals surface area contributed by atoms with Gasteiger partial charge in [-0.15, -0.1) is 24.0 Å². The molecule has 1 aliphatic rings. The first-order valence-electron chi connectivity index (χ1n) is 8.82. The maximum Gasteiger partial charge on any atom is 0.191 e. The summed E-state index contributed by atoms with van der Waals surface area (Å²) in [6.07, 6.45) is 2.14. The largest absolute Gasteiger partial charge is 0.505 e. The van der Waals surface area contributed by atoms with Crippen LogP contribution in [0.3, 0.4) is 0 Å². The van der Waals surface area contributed by atoms with Crippen LogP contribution < -0.4 is 10.6 Å². The minimum absolute atomic E-state index is 0. The molecule has 148 valence electrons. The fraction of sp³-hybridized carbons (Fsp3) is 0.421. The molecule has 0 bridgehead atoms. The predicted molar refractivity (Wildman–Crippen MR) is 119 cm³/mol. The average Bonchev–Trinajstić information content (AvgIpc) is 3.16. The molecule has 3 N–H and O–H groups in total. The molecule has 2 aromatic rings. The summed E-state index contributed by atoms with van der Waals surface area (Å²) in [6.45, 7) is 3.60. The predicted octanol–water partition coefficient (Wildman–Crippen LogP) is 3.54. The summed E-state index contributed by atoms with van der Waals surface area (Å²) in [7, 11) is 1.73. The molecule has 3 rings (SSSR count). The highest BCUT2D eigenvalue weighted by Crippen LogP contribution is 2.17. The number of nitrogens with one attached hydrogen (secondary N) is 2. The number of phenols is 1. The smallest absolute Gasteiger partial charge is 0.191 e. The van der Waals surface area contributed by atoms with Crippen LogP contribution in [-0.4, -0.2) is 42.1 Å². The number of hydrogen-bond acceptors (Lipinski definition) is 4. The summed E-state index contributed by atoms with van der Waals surface area (Å²) in [6, 6.07) is 6.97. The van der Waals surface area contributed by atoms with Gasteiger partial charge in [0.15, 0.2) is 17.5 Å². The van der Waals surface area contributed by atoms with E-state index in [9.17, 15) is 9.50 Å². The van der Waals surface area contributed by atoms with Crippen LogP contribution in [0, 0.1) is 5.82 Å². The molecule has 0 amide bonds. The normalized spacial score (nSPS) is 16.0. The van der Waals surface area contributed by atoms with Crippen molar-refractivity contribution in [1.29, 1.82) is 0 Å². The lowest BCUT2D eigenvalue weighted by atomic mass is 10.0. The summed E-state index contributed by atoms with van der Waals surface area (Å²) in [5.74, 6) is -0.217. The van der Waals surface area contributed by atoms with Crippen molar-refractivity contribution in [3.05, 3.63) is 52.0 Å². The van der Waals surface area contributed by atoms with E-state index in [1.54, 1.807) is 24.5 Å². The number of phenolic OH excluding ortho intramolecular Hbond substituents is 1. The third-order valence-corrected chi connectivity index (χ3v) is 5.34. The van der Waals surface area contributed by atoms with E-state index in [2.05, 4.69) is 37.4 Å². The van der Waals surface area contributed by atoms with Crippen LogP contribution in [-0.2, 0) is 13.1 Å². The number of guanidine groups is 1. The first-order valence-corrected chi connectivity index (χ1v) is 9.76. The summed E-state index contributed by atoms with van der Waals surface area (Å²) in [4.78, 5) is 6.74. The van der Waals surface area contributed by atoms with Crippen LogP contribution in [0.15, 0.2) is 40.0 Å². The molecule has 8 heteroatoms. The lowest BCUT2D eigenvalue weighted by Gasteiger charge is -2.33. The Morgan fingerprint density at radius 2 is 2.07 bits per heavy atom. The molecule has 0 aliphatic carbocycles. The van der Waals surface area contributed by atoms with E-state index < -0.39 is 5.82 Å². The zero-order chi connectivity index (χ0) is 18.4. The highest BCUT2D eigenvalue weighted by Gasteiger charge is 2.20. The third-order valence-electron chi connectivity index (χ3n) is 4.61. The van der Waals surface area contributed by atoms with E-state index in [-0.39, 0.29) is 29.7 Å². The van der Waals surface area contributed by atoms with Crippen molar-refractivity contribution in [1.82, 2.24) is 15.5 Å². The lowest BCUT2D eigenvalue weighted by Crippen LogP contribution is -2.48. The van der Waals surface area contributed by atoms with Crippen LogP contribution in [0.2, 0.25) is 0 Å². The fourth-order valence-corrected chi connectivity index (χ4v) is 3.77. The molecule has 1 aromatic heterocycles. The van der Waals surface area contributed by atoms with Gasteiger partial charge in [0.25, 0.3) is 0 Å². The zero-order valence-electron chi connectivity index (χ0n) is 15.3. The maximum atomic E-state index is 13.4. The Hall–Kier alpha value is -1.39. The number of nitrogens with zero attached hydrogens (tertiary/aromatic N) is 2. The molecule has 1 aromatic carbocycles. The summed E-state index contributed by atoms with van der Waals surface area (Å²) >= 11 is 1.74. The van der Waals surface area contributed by atoms with Crippen molar-refractivity contribution in [3.63, 3.8) is 0 Å². The van der Waals surface area contributed by atoms with Gasteiger partial charge in [-0.1, -0.05) is 6.07 Å². The van der Waals surface area contributed by atoms with E-state index in [0.717, 1.165) is 44.0 Å². The fourth-order valence-electron chi connectivity index (χ4n) is 3.11. The highest BCUT2D eigenvalue weighted by atomic mass is 127. The van der Waals surface area contributed by atoms with Gasteiger partial charge >= 0.3 is 0 Å². The van der Waals surface area contributed by atoms with Gasteiger partial charge in [-0.25, -0.2) is 4.39 Å². The van der Waals surface area contributed by atoms with Crippen molar-refractivity contribution in [2.24, 2.45) is 4.99 Å².